The zero-order chi connectivity index (χ0) is 23.0. The average Bonchev–Trinajstić information content (AvgIpc) is 2.70. The van der Waals surface area contributed by atoms with Gasteiger partial charge in [0.1, 0.15) is 6.04 Å². The number of para-hydroxylation sites is 2. The van der Waals surface area contributed by atoms with Crippen molar-refractivity contribution in [2.75, 3.05) is 13.7 Å². The van der Waals surface area contributed by atoms with Gasteiger partial charge in [-0.05, 0) is 51.8 Å². The molecular weight excluding hydrogens is 392 g/mol. The van der Waals surface area contributed by atoms with Gasteiger partial charge < -0.3 is 19.7 Å². The molecule has 2 amide bonds. The summed E-state index contributed by atoms with van der Waals surface area (Å²) in [6.07, 6.45) is 0.494. The first kappa shape index (κ1) is 24.3. The SMILES string of the molecule is CC[C@H](C(=O)NC(C)(C)C)N(Cc1cccc(C)c1)C(=O)COc1ccccc1OC. The predicted molar refractivity (Wildman–Crippen MR) is 122 cm³/mol. The highest BCUT2D eigenvalue weighted by atomic mass is 16.5. The maximum Gasteiger partial charge on any atom is 0.261 e. The molecule has 0 aliphatic carbocycles. The van der Waals surface area contributed by atoms with Crippen LogP contribution in [0.3, 0.4) is 0 Å². The normalized spacial score (nSPS) is 12.1. The largest absolute Gasteiger partial charge is 0.493 e. The molecule has 6 heteroatoms. The molecule has 0 saturated carbocycles. The van der Waals surface area contributed by atoms with E-state index in [1.165, 1.54) is 0 Å². The number of benzene rings is 2. The van der Waals surface area contributed by atoms with E-state index in [2.05, 4.69) is 5.32 Å². The highest BCUT2D eigenvalue weighted by molar-refractivity contribution is 5.88. The average molecular weight is 427 g/mol. The van der Waals surface area contributed by atoms with Crippen LogP contribution in [0, 0.1) is 6.92 Å². The third-order valence-electron chi connectivity index (χ3n) is 4.74. The number of amides is 2. The van der Waals surface area contributed by atoms with Gasteiger partial charge in [0, 0.05) is 12.1 Å². The monoisotopic (exact) mass is 426 g/mol. The number of aryl methyl sites for hydroxylation is 1. The van der Waals surface area contributed by atoms with E-state index in [1.807, 2.05) is 71.0 Å². The van der Waals surface area contributed by atoms with Gasteiger partial charge in [0.2, 0.25) is 5.91 Å². The fourth-order valence-electron chi connectivity index (χ4n) is 3.34. The van der Waals surface area contributed by atoms with E-state index in [1.54, 1.807) is 24.1 Å². The van der Waals surface area contributed by atoms with Crippen LogP contribution in [0.15, 0.2) is 48.5 Å². The van der Waals surface area contributed by atoms with Crippen molar-refractivity contribution in [3.8, 4) is 11.5 Å². The van der Waals surface area contributed by atoms with Crippen LogP contribution in [0.25, 0.3) is 0 Å². The number of nitrogens with one attached hydrogen (secondary N) is 1. The highest BCUT2D eigenvalue weighted by Gasteiger charge is 2.31. The molecule has 0 aliphatic heterocycles. The summed E-state index contributed by atoms with van der Waals surface area (Å²) in [7, 11) is 1.55. The van der Waals surface area contributed by atoms with Crippen molar-refractivity contribution in [1.82, 2.24) is 10.2 Å². The Morgan fingerprint density at radius 1 is 1.06 bits per heavy atom. The molecule has 6 nitrogen and oxygen atoms in total. The number of nitrogens with zero attached hydrogens (tertiary/aromatic N) is 1. The van der Waals surface area contributed by atoms with E-state index >= 15 is 0 Å². The number of methoxy groups -OCH3 is 1. The van der Waals surface area contributed by atoms with Gasteiger partial charge in [0.15, 0.2) is 18.1 Å². The van der Waals surface area contributed by atoms with Gasteiger partial charge in [-0.15, -0.1) is 0 Å². The molecule has 0 bridgehead atoms. The first-order chi connectivity index (χ1) is 14.6. The van der Waals surface area contributed by atoms with Gasteiger partial charge in [-0.25, -0.2) is 0 Å². The lowest BCUT2D eigenvalue weighted by atomic mass is 10.1. The molecule has 2 aromatic rings. The Kier molecular flexibility index (Phi) is 8.48. The zero-order valence-electron chi connectivity index (χ0n) is 19.4. The predicted octanol–water partition coefficient (Wildman–Crippen LogP) is 4.10. The molecule has 2 aromatic carbocycles. The fraction of sp³-hybridized carbons (Fsp3) is 0.440. The van der Waals surface area contributed by atoms with Crippen LogP contribution in [0.1, 0.15) is 45.2 Å². The zero-order valence-corrected chi connectivity index (χ0v) is 19.4. The van der Waals surface area contributed by atoms with Gasteiger partial charge in [-0.2, -0.15) is 0 Å². The fourth-order valence-corrected chi connectivity index (χ4v) is 3.34. The van der Waals surface area contributed by atoms with Crippen molar-refractivity contribution in [2.45, 2.75) is 59.2 Å². The van der Waals surface area contributed by atoms with Crippen molar-refractivity contribution in [1.29, 1.82) is 0 Å². The summed E-state index contributed by atoms with van der Waals surface area (Å²) in [6, 6.07) is 14.5. The minimum Gasteiger partial charge on any atom is -0.493 e. The van der Waals surface area contributed by atoms with Crippen LogP contribution in [0.4, 0.5) is 0 Å². The first-order valence-corrected chi connectivity index (χ1v) is 10.6. The highest BCUT2D eigenvalue weighted by Crippen LogP contribution is 2.26. The second-order valence-corrected chi connectivity index (χ2v) is 8.61. The first-order valence-electron chi connectivity index (χ1n) is 10.6. The number of carbonyl (C=O) groups is 2. The molecule has 168 valence electrons. The van der Waals surface area contributed by atoms with E-state index in [0.717, 1.165) is 11.1 Å². The molecule has 0 saturated heterocycles. The van der Waals surface area contributed by atoms with Crippen molar-refractivity contribution in [2.24, 2.45) is 0 Å². The minimum atomic E-state index is -0.603. The Morgan fingerprint density at radius 3 is 2.32 bits per heavy atom. The summed E-state index contributed by atoms with van der Waals surface area (Å²) in [4.78, 5) is 27.9. The van der Waals surface area contributed by atoms with Gasteiger partial charge in [0.05, 0.1) is 7.11 Å². The Labute approximate surface area is 185 Å². The van der Waals surface area contributed by atoms with Gasteiger partial charge in [-0.3, -0.25) is 9.59 Å². The van der Waals surface area contributed by atoms with Gasteiger partial charge in [-0.1, -0.05) is 48.9 Å². The van der Waals surface area contributed by atoms with Crippen LogP contribution in [-0.4, -0.2) is 42.0 Å². The van der Waals surface area contributed by atoms with Crippen molar-refractivity contribution < 1.29 is 19.1 Å². The van der Waals surface area contributed by atoms with Crippen molar-refractivity contribution in [3.63, 3.8) is 0 Å². The summed E-state index contributed by atoms with van der Waals surface area (Å²) in [5.41, 5.74) is 1.67. The third kappa shape index (κ3) is 7.31. The lowest BCUT2D eigenvalue weighted by Crippen LogP contribution is -2.54. The van der Waals surface area contributed by atoms with Crippen LogP contribution in [0.5, 0.6) is 11.5 Å². The topological polar surface area (TPSA) is 67.9 Å². The Hall–Kier alpha value is -3.02. The summed E-state index contributed by atoms with van der Waals surface area (Å²) in [6.45, 7) is 9.82. The maximum atomic E-state index is 13.3. The molecule has 31 heavy (non-hydrogen) atoms. The number of carbonyl (C=O) groups excluding carboxylic acids is 2. The number of hydrogen-bond donors (Lipinski definition) is 1. The molecular formula is C25H34N2O4. The molecule has 1 N–H and O–H groups in total. The van der Waals surface area contributed by atoms with Crippen LogP contribution in [-0.2, 0) is 16.1 Å². The van der Waals surface area contributed by atoms with Crippen LogP contribution < -0.4 is 14.8 Å². The number of hydrogen-bond acceptors (Lipinski definition) is 4. The van der Waals surface area contributed by atoms with E-state index in [0.29, 0.717) is 24.5 Å². The number of ether oxygens (including phenoxy) is 2. The lowest BCUT2D eigenvalue weighted by Gasteiger charge is -2.33. The summed E-state index contributed by atoms with van der Waals surface area (Å²) < 4.78 is 11.1. The summed E-state index contributed by atoms with van der Waals surface area (Å²) in [5, 5.41) is 3.00. The molecule has 0 fully saturated rings. The van der Waals surface area contributed by atoms with Gasteiger partial charge in [0.25, 0.3) is 5.91 Å². The van der Waals surface area contributed by atoms with Crippen LogP contribution in [0.2, 0.25) is 0 Å². The number of rotatable bonds is 9. The van der Waals surface area contributed by atoms with Gasteiger partial charge >= 0.3 is 0 Å². The van der Waals surface area contributed by atoms with E-state index in [4.69, 9.17) is 9.47 Å². The smallest absolute Gasteiger partial charge is 0.261 e. The Balaban J connectivity index is 2.26. The summed E-state index contributed by atoms with van der Waals surface area (Å²) in [5.74, 6) is 0.607. The molecule has 1 atom stereocenters. The second-order valence-electron chi connectivity index (χ2n) is 8.61. The summed E-state index contributed by atoms with van der Waals surface area (Å²) >= 11 is 0. The quantitative estimate of drug-likeness (QED) is 0.655. The standard InChI is InChI=1S/C25H34N2O4/c1-7-20(24(29)26-25(3,4)5)27(16-19-12-10-11-18(2)15-19)23(28)17-31-22-14-9-8-13-21(22)30-6/h8-15,20H,7,16-17H2,1-6H3,(H,26,29)/t20-/m1/s1. The van der Waals surface area contributed by atoms with Crippen LogP contribution >= 0.6 is 0 Å². The third-order valence-corrected chi connectivity index (χ3v) is 4.74. The molecule has 0 spiro atoms. The maximum absolute atomic E-state index is 13.3. The Bertz CT molecular complexity index is 889. The lowest BCUT2D eigenvalue weighted by molar-refractivity contribution is -0.143. The van der Waals surface area contributed by atoms with E-state index in [9.17, 15) is 9.59 Å². The molecule has 0 aromatic heterocycles. The van der Waals surface area contributed by atoms with Crippen molar-refractivity contribution in [3.05, 3.63) is 59.7 Å². The van der Waals surface area contributed by atoms with E-state index in [-0.39, 0.29) is 18.4 Å². The molecule has 0 aliphatic rings. The Morgan fingerprint density at radius 2 is 1.74 bits per heavy atom. The molecule has 2 rings (SSSR count). The van der Waals surface area contributed by atoms with E-state index < -0.39 is 11.6 Å². The van der Waals surface area contributed by atoms with Crippen molar-refractivity contribution >= 4 is 11.8 Å². The second kappa shape index (κ2) is 10.8. The molecule has 0 radical (unpaired) electrons. The minimum absolute atomic E-state index is 0.173. The molecule has 0 unspecified atom stereocenters. The molecule has 0 heterocycles.